The number of aryl methyl sites for hydroxylation is 1. The predicted octanol–water partition coefficient (Wildman–Crippen LogP) is 3.36. The topological polar surface area (TPSA) is 71.1 Å². The summed E-state index contributed by atoms with van der Waals surface area (Å²) >= 11 is 0. The van der Waals surface area contributed by atoms with E-state index < -0.39 is 17.8 Å². The molecule has 0 N–H and O–H groups in total. The molecular weight excluding hydrogens is 348 g/mol. The first-order valence-electron chi connectivity index (χ1n) is 8.75. The van der Waals surface area contributed by atoms with E-state index in [-0.39, 0.29) is 13.4 Å². The second-order valence-corrected chi connectivity index (χ2v) is 6.23. The minimum atomic E-state index is -0.787. The molecule has 0 bridgehead atoms. The molecule has 27 heavy (non-hydrogen) atoms. The van der Waals surface area contributed by atoms with Crippen LogP contribution in [0.5, 0.6) is 17.2 Å². The van der Waals surface area contributed by atoms with Crippen LogP contribution < -0.4 is 14.2 Å². The van der Waals surface area contributed by atoms with E-state index in [4.69, 9.17) is 18.9 Å². The second kappa shape index (κ2) is 8.12. The number of benzene rings is 2. The highest BCUT2D eigenvalue weighted by molar-refractivity contribution is 5.85. The Morgan fingerprint density at radius 3 is 2.56 bits per heavy atom. The average molecular weight is 370 g/mol. The molecule has 0 radical (unpaired) electrons. The zero-order chi connectivity index (χ0) is 19.4. The molecule has 0 spiro atoms. The van der Waals surface area contributed by atoms with Gasteiger partial charge in [-0.1, -0.05) is 18.2 Å². The van der Waals surface area contributed by atoms with Gasteiger partial charge in [0.2, 0.25) is 6.79 Å². The van der Waals surface area contributed by atoms with Crippen LogP contribution in [0.15, 0.2) is 36.4 Å². The number of rotatable bonds is 7. The van der Waals surface area contributed by atoms with Crippen molar-refractivity contribution in [1.82, 2.24) is 0 Å². The van der Waals surface area contributed by atoms with E-state index in [1.165, 1.54) is 0 Å². The molecule has 1 heterocycles. The van der Waals surface area contributed by atoms with Crippen molar-refractivity contribution in [3.05, 3.63) is 53.1 Å². The van der Waals surface area contributed by atoms with Crippen molar-refractivity contribution in [3.63, 3.8) is 0 Å². The van der Waals surface area contributed by atoms with Crippen molar-refractivity contribution in [2.45, 2.75) is 25.7 Å². The summed E-state index contributed by atoms with van der Waals surface area (Å²) in [5.74, 6) is -0.0541. The molecule has 2 aromatic rings. The van der Waals surface area contributed by atoms with Crippen LogP contribution in [-0.2, 0) is 14.3 Å². The maximum atomic E-state index is 12.7. The van der Waals surface area contributed by atoms with E-state index in [0.29, 0.717) is 17.1 Å². The first-order valence-corrected chi connectivity index (χ1v) is 8.75. The summed E-state index contributed by atoms with van der Waals surface area (Å²) in [4.78, 5) is 24.8. The number of hydrogen-bond acceptors (Lipinski definition) is 6. The Labute approximate surface area is 158 Å². The number of carbonyl (C=O) groups excluding carboxylic acids is 2. The van der Waals surface area contributed by atoms with Gasteiger partial charge in [-0.3, -0.25) is 4.79 Å². The van der Waals surface area contributed by atoms with Gasteiger partial charge in [-0.15, -0.1) is 0 Å². The Morgan fingerprint density at radius 2 is 1.89 bits per heavy atom. The molecule has 1 aliphatic heterocycles. The van der Waals surface area contributed by atoms with E-state index in [1.807, 2.05) is 13.0 Å². The lowest BCUT2D eigenvalue weighted by molar-refractivity contribution is -0.146. The van der Waals surface area contributed by atoms with E-state index in [1.54, 1.807) is 44.4 Å². The quantitative estimate of drug-likeness (QED) is 0.550. The van der Waals surface area contributed by atoms with Crippen LogP contribution in [0.2, 0.25) is 0 Å². The molecule has 6 heteroatoms. The van der Waals surface area contributed by atoms with Crippen molar-refractivity contribution < 1.29 is 28.5 Å². The molecule has 1 aliphatic rings. The third-order valence-electron chi connectivity index (χ3n) is 4.61. The molecule has 2 atom stereocenters. The molecule has 142 valence electrons. The van der Waals surface area contributed by atoms with Gasteiger partial charge in [-0.05, 0) is 48.7 Å². The largest absolute Gasteiger partial charge is 0.496 e. The Kier molecular flexibility index (Phi) is 5.64. The van der Waals surface area contributed by atoms with E-state index in [0.717, 1.165) is 23.2 Å². The molecule has 2 aromatic carbocycles. The molecule has 0 aliphatic carbocycles. The molecule has 6 nitrogen and oxygen atoms in total. The first kappa shape index (κ1) is 18.8. The minimum absolute atomic E-state index is 0.137. The third-order valence-corrected chi connectivity index (χ3v) is 4.61. The highest BCUT2D eigenvalue weighted by atomic mass is 16.7. The van der Waals surface area contributed by atoms with Crippen molar-refractivity contribution in [2.24, 2.45) is 0 Å². The van der Waals surface area contributed by atoms with Crippen molar-refractivity contribution in [3.8, 4) is 17.2 Å². The number of methoxy groups -OCH3 is 1. The molecule has 2 unspecified atom stereocenters. The summed E-state index contributed by atoms with van der Waals surface area (Å²) in [6.07, 6.45) is 0.785. The fraction of sp³-hybridized carbons (Fsp3) is 0.333. The van der Waals surface area contributed by atoms with Gasteiger partial charge in [0, 0.05) is 0 Å². The normalized spacial score (nSPS) is 14.3. The Balaban J connectivity index is 2.04. The number of ether oxygens (including phenoxy) is 4. The highest BCUT2D eigenvalue weighted by Crippen LogP contribution is 2.40. The first-order chi connectivity index (χ1) is 13.1. The van der Waals surface area contributed by atoms with Gasteiger partial charge in [0.25, 0.3) is 0 Å². The maximum absolute atomic E-state index is 12.7. The summed E-state index contributed by atoms with van der Waals surface area (Å²) in [7, 11) is 1.59. The Hall–Kier alpha value is -3.02. The number of hydrogen-bond donors (Lipinski definition) is 0. The van der Waals surface area contributed by atoms with Crippen LogP contribution in [-0.4, -0.2) is 32.8 Å². The Morgan fingerprint density at radius 1 is 1.15 bits per heavy atom. The smallest absolute Gasteiger partial charge is 0.314 e. The Bertz CT molecular complexity index is 845. The zero-order valence-corrected chi connectivity index (χ0v) is 15.6. The van der Waals surface area contributed by atoms with Crippen LogP contribution in [0.25, 0.3) is 0 Å². The van der Waals surface area contributed by atoms with Gasteiger partial charge in [-0.2, -0.15) is 0 Å². The summed E-state index contributed by atoms with van der Waals surface area (Å²) in [5, 5.41) is 0. The monoisotopic (exact) mass is 370 g/mol. The van der Waals surface area contributed by atoms with Gasteiger partial charge in [-0.25, -0.2) is 0 Å². The van der Waals surface area contributed by atoms with Gasteiger partial charge in [0.15, 0.2) is 11.5 Å². The lowest BCUT2D eigenvalue weighted by Crippen LogP contribution is -2.24. The fourth-order valence-corrected chi connectivity index (χ4v) is 3.29. The van der Waals surface area contributed by atoms with Gasteiger partial charge < -0.3 is 23.7 Å². The number of esters is 1. The van der Waals surface area contributed by atoms with E-state index in [9.17, 15) is 9.59 Å². The molecule has 0 saturated heterocycles. The van der Waals surface area contributed by atoms with E-state index >= 15 is 0 Å². The molecule has 0 saturated carbocycles. The van der Waals surface area contributed by atoms with Crippen LogP contribution in [0.4, 0.5) is 0 Å². The SMILES string of the molecule is CCOC(=O)C(c1ccc2c(c1)OCO2)C(C=O)c1ccc(OC)c(C)c1. The van der Waals surface area contributed by atoms with Crippen LogP contribution in [0, 0.1) is 6.92 Å². The predicted molar refractivity (Wildman–Crippen MR) is 98.5 cm³/mol. The second-order valence-electron chi connectivity index (χ2n) is 6.23. The molecular formula is C21H22O6. The van der Waals surface area contributed by atoms with E-state index in [2.05, 4.69) is 0 Å². The summed E-state index contributed by atoms with van der Waals surface area (Å²) in [5.41, 5.74) is 2.25. The fourth-order valence-electron chi connectivity index (χ4n) is 3.29. The number of carbonyl (C=O) groups is 2. The lowest BCUT2D eigenvalue weighted by Gasteiger charge is -2.23. The average Bonchev–Trinajstić information content (AvgIpc) is 3.13. The van der Waals surface area contributed by atoms with Crippen molar-refractivity contribution in [1.29, 1.82) is 0 Å². The van der Waals surface area contributed by atoms with Gasteiger partial charge >= 0.3 is 5.97 Å². The standard InChI is InChI=1S/C21H22O6/c1-4-25-21(23)20(15-6-8-18-19(10-15)27-12-26-18)16(11-22)14-5-7-17(24-3)13(2)9-14/h5-11,16,20H,4,12H2,1-3H3. The molecule has 0 amide bonds. The van der Waals surface area contributed by atoms with Crippen LogP contribution >= 0.6 is 0 Å². The zero-order valence-electron chi connectivity index (χ0n) is 15.6. The highest BCUT2D eigenvalue weighted by Gasteiger charge is 2.33. The third kappa shape index (κ3) is 3.74. The number of fused-ring (bicyclic) bond motifs is 1. The molecule has 0 aromatic heterocycles. The summed E-state index contributed by atoms with van der Waals surface area (Å²) in [6, 6.07) is 10.7. The number of aldehydes is 1. The lowest BCUT2D eigenvalue weighted by atomic mass is 9.81. The maximum Gasteiger partial charge on any atom is 0.314 e. The van der Waals surface area contributed by atoms with Crippen molar-refractivity contribution in [2.75, 3.05) is 20.5 Å². The van der Waals surface area contributed by atoms with Gasteiger partial charge in [0.05, 0.1) is 25.6 Å². The molecule has 0 fully saturated rings. The minimum Gasteiger partial charge on any atom is -0.496 e. The summed E-state index contributed by atoms with van der Waals surface area (Å²) < 4.78 is 21.3. The summed E-state index contributed by atoms with van der Waals surface area (Å²) in [6.45, 7) is 4.00. The van der Waals surface area contributed by atoms with Crippen LogP contribution in [0.3, 0.4) is 0 Å². The molecule has 3 rings (SSSR count). The van der Waals surface area contributed by atoms with Crippen LogP contribution in [0.1, 0.15) is 35.4 Å². The van der Waals surface area contributed by atoms with Gasteiger partial charge in [0.1, 0.15) is 12.0 Å². The van der Waals surface area contributed by atoms with Crippen molar-refractivity contribution >= 4 is 12.3 Å².